The molecule has 164 valence electrons. The van der Waals surface area contributed by atoms with Crippen LogP contribution >= 0.6 is 11.6 Å². The Balaban J connectivity index is 1.64. The fourth-order valence-corrected chi connectivity index (χ4v) is 6.42. The van der Waals surface area contributed by atoms with Crippen LogP contribution in [0, 0.1) is 11.8 Å². The third-order valence-corrected chi connectivity index (χ3v) is 7.74. The number of anilines is 1. The average molecular weight is 457 g/mol. The Hall–Kier alpha value is -3.44. The number of likely N-dealkylation sites (tertiary alicyclic amines) is 1. The van der Waals surface area contributed by atoms with Gasteiger partial charge in [-0.05, 0) is 53.4 Å². The van der Waals surface area contributed by atoms with Crippen molar-refractivity contribution >= 4 is 35.0 Å². The van der Waals surface area contributed by atoms with Crippen LogP contribution in [0.5, 0.6) is 0 Å². The molecule has 1 N–H and O–H groups in total. The van der Waals surface area contributed by atoms with Crippen LogP contribution in [0.4, 0.5) is 5.69 Å². The largest absolute Gasteiger partial charge is 0.325 e. The zero-order valence-corrected chi connectivity index (χ0v) is 18.7. The lowest BCUT2D eigenvalue weighted by Crippen LogP contribution is -2.59. The minimum absolute atomic E-state index is 0.190. The summed E-state index contributed by atoms with van der Waals surface area (Å²) in [6.07, 6.45) is 0. The predicted molar refractivity (Wildman–Crippen MR) is 125 cm³/mol. The summed E-state index contributed by atoms with van der Waals surface area (Å²) < 4.78 is 0. The van der Waals surface area contributed by atoms with Gasteiger partial charge in [0, 0.05) is 23.2 Å². The molecule has 1 fully saturated rings. The van der Waals surface area contributed by atoms with E-state index in [9.17, 15) is 14.4 Å². The van der Waals surface area contributed by atoms with Crippen molar-refractivity contribution in [3.05, 3.63) is 100 Å². The maximum Gasteiger partial charge on any atom is 0.240 e. The number of carbonyl (C=O) groups is 3. The fourth-order valence-electron chi connectivity index (χ4n) is 6.29. The molecular weight excluding hydrogens is 436 g/mol. The molecule has 0 saturated carbocycles. The van der Waals surface area contributed by atoms with Gasteiger partial charge in [-0.2, -0.15) is 0 Å². The molecule has 2 bridgehead atoms. The highest BCUT2D eigenvalue weighted by Crippen LogP contribution is 2.64. The van der Waals surface area contributed by atoms with Gasteiger partial charge >= 0.3 is 0 Å². The van der Waals surface area contributed by atoms with Crippen LogP contribution in [0.25, 0.3) is 0 Å². The topological polar surface area (TPSA) is 66.5 Å². The van der Waals surface area contributed by atoms with Gasteiger partial charge in [0.25, 0.3) is 0 Å². The van der Waals surface area contributed by atoms with E-state index in [0.717, 1.165) is 22.3 Å². The molecule has 3 aromatic carbocycles. The van der Waals surface area contributed by atoms with Crippen molar-refractivity contribution in [3.63, 3.8) is 0 Å². The highest BCUT2D eigenvalue weighted by molar-refractivity contribution is 6.30. The van der Waals surface area contributed by atoms with E-state index >= 15 is 0 Å². The number of amides is 3. The Kier molecular flexibility index (Phi) is 4.30. The molecule has 3 aliphatic carbocycles. The highest BCUT2D eigenvalue weighted by Gasteiger charge is 2.70. The second-order valence-electron chi connectivity index (χ2n) is 8.85. The maximum absolute atomic E-state index is 14.3. The van der Waals surface area contributed by atoms with Crippen molar-refractivity contribution < 1.29 is 14.4 Å². The average Bonchev–Trinajstić information content (AvgIpc) is 3.10. The molecule has 2 atom stereocenters. The molecule has 33 heavy (non-hydrogen) atoms. The second-order valence-corrected chi connectivity index (χ2v) is 9.28. The van der Waals surface area contributed by atoms with E-state index in [1.54, 1.807) is 31.2 Å². The Bertz CT molecular complexity index is 1290. The molecule has 6 heteroatoms. The van der Waals surface area contributed by atoms with E-state index in [4.69, 9.17) is 11.6 Å². The first kappa shape index (κ1) is 20.2. The maximum atomic E-state index is 14.3. The summed E-state index contributed by atoms with van der Waals surface area (Å²) in [6, 6.07) is 22.4. The third-order valence-electron chi connectivity index (χ3n) is 7.49. The van der Waals surface area contributed by atoms with Gasteiger partial charge in [0.2, 0.25) is 17.7 Å². The van der Waals surface area contributed by atoms with Crippen LogP contribution in [0.2, 0.25) is 5.02 Å². The van der Waals surface area contributed by atoms with Crippen molar-refractivity contribution in [2.75, 3.05) is 11.9 Å². The number of hydrogen-bond donors (Lipinski definition) is 1. The van der Waals surface area contributed by atoms with Gasteiger partial charge in [0.05, 0.1) is 11.8 Å². The fraction of sp³-hybridized carbons (Fsp3) is 0.222. The third kappa shape index (κ3) is 2.46. The molecular formula is C27H21ClN2O3. The Labute approximate surface area is 196 Å². The lowest BCUT2D eigenvalue weighted by molar-refractivity contribution is -0.141. The van der Waals surface area contributed by atoms with E-state index in [1.807, 2.05) is 48.5 Å². The Morgan fingerprint density at radius 3 is 2.06 bits per heavy atom. The lowest BCUT2D eigenvalue weighted by Gasteiger charge is -2.52. The van der Waals surface area contributed by atoms with Crippen LogP contribution in [0.3, 0.4) is 0 Å². The molecule has 1 saturated heterocycles. The molecule has 4 aliphatic rings. The Morgan fingerprint density at radius 2 is 1.48 bits per heavy atom. The van der Waals surface area contributed by atoms with Crippen LogP contribution < -0.4 is 5.32 Å². The number of rotatable bonds is 3. The summed E-state index contributed by atoms with van der Waals surface area (Å²) in [5.74, 6) is -2.40. The number of nitrogens with zero attached hydrogens (tertiary/aromatic N) is 1. The molecule has 1 aliphatic heterocycles. The lowest BCUT2D eigenvalue weighted by atomic mass is 9.47. The van der Waals surface area contributed by atoms with Crippen LogP contribution in [-0.4, -0.2) is 29.2 Å². The summed E-state index contributed by atoms with van der Waals surface area (Å²) in [6.45, 7) is 2.09. The molecule has 7 rings (SSSR count). The SMILES string of the molecule is CCN1C(=O)[C@@H]2C3c4ccccc4C(C(=O)Nc4ccc(Cl)cc4)(c4ccccc43)[C@H]2C1=O. The number of carbonyl (C=O) groups excluding carboxylic acids is 3. The van der Waals surface area contributed by atoms with Crippen LogP contribution in [0.1, 0.15) is 35.1 Å². The number of hydrogen-bond acceptors (Lipinski definition) is 3. The van der Waals surface area contributed by atoms with Gasteiger partial charge in [-0.15, -0.1) is 0 Å². The summed E-state index contributed by atoms with van der Waals surface area (Å²) in [5.41, 5.74) is 2.79. The monoisotopic (exact) mass is 456 g/mol. The van der Waals surface area contributed by atoms with Crippen molar-refractivity contribution in [1.82, 2.24) is 4.90 Å². The quantitative estimate of drug-likeness (QED) is 0.596. The van der Waals surface area contributed by atoms with Crippen molar-refractivity contribution in [2.24, 2.45) is 11.8 Å². The summed E-state index contributed by atoms with van der Waals surface area (Å²) in [7, 11) is 0. The Morgan fingerprint density at radius 1 is 0.909 bits per heavy atom. The molecule has 0 unspecified atom stereocenters. The zero-order chi connectivity index (χ0) is 22.9. The normalized spacial score (nSPS) is 26.6. The van der Waals surface area contributed by atoms with Gasteiger partial charge in [-0.1, -0.05) is 60.1 Å². The molecule has 5 nitrogen and oxygen atoms in total. The second kappa shape index (κ2) is 7.03. The minimum Gasteiger partial charge on any atom is -0.325 e. The minimum atomic E-state index is -1.30. The van der Waals surface area contributed by atoms with Crippen LogP contribution in [-0.2, 0) is 19.8 Å². The van der Waals surface area contributed by atoms with E-state index < -0.39 is 17.3 Å². The van der Waals surface area contributed by atoms with E-state index in [2.05, 4.69) is 5.32 Å². The molecule has 0 spiro atoms. The predicted octanol–water partition coefficient (Wildman–Crippen LogP) is 4.34. The molecule has 0 radical (unpaired) electrons. The van der Waals surface area contributed by atoms with Gasteiger partial charge in [-0.3, -0.25) is 19.3 Å². The summed E-state index contributed by atoms with van der Waals surface area (Å²) in [4.78, 5) is 42.9. The number of nitrogens with one attached hydrogen (secondary N) is 1. The molecule has 1 heterocycles. The first-order chi connectivity index (χ1) is 16.0. The molecule has 3 aromatic rings. The van der Waals surface area contributed by atoms with Gasteiger partial charge in [-0.25, -0.2) is 0 Å². The van der Waals surface area contributed by atoms with Crippen LogP contribution in [0.15, 0.2) is 72.8 Å². The van der Waals surface area contributed by atoms with E-state index in [-0.39, 0.29) is 23.6 Å². The van der Waals surface area contributed by atoms with E-state index in [1.165, 1.54) is 4.90 Å². The standard InChI is InChI=1S/C27H21ClN2O3/c1-2-30-24(31)22-21-17-7-3-5-9-19(17)27(23(22)25(30)32,20-10-6-4-8-18(20)21)26(33)29-16-13-11-15(28)12-14-16/h3-14,21-23H,2H2,1H3,(H,29,33)/t21?,22-,23-,27?/m1/s1. The number of imide groups is 1. The molecule has 3 amide bonds. The first-order valence-electron chi connectivity index (χ1n) is 11.1. The van der Waals surface area contributed by atoms with E-state index in [0.29, 0.717) is 17.3 Å². The van der Waals surface area contributed by atoms with Gasteiger partial charge in [0.15, 0.2) is 0 Å². The van der Waals surface area contributed by atoms with Crippen molar-refractivity contribution in [3.8, 4) is 0 Å². The van der Waals surface area contributed by atoms with Crippen molar-refractivity contribution in [1.29, 1.82) is 0 Å². The van der Waals surface area contributed by atoms with Crippen molar-refractivity contribution in [2.45, 2.75) is 18.3 Å². The summed E-state index contributed by atoms with van der Waals surface area (Å²) >= 11 is 6.03. The zero-order valence-electron chi connectivity index (χ0n) is 17.9. The smallest absolute Gasteiger partial charge is 0.240 e. The summed E-state index contributed by atoms with van der Waals surface area (Å²) in [5, 5.41) is 3.60. The number of benzene rings is 3. The number of halogens is 1. The molecule has 0 aromatic heterocycles. The van der Waals surface area contributed by atoms with Gasteiger partial charge < -0.3 is 5.32 Å². The van der Waals surface area contributed by atoms with Gasteiger partial charge in [0.1, 0.15) is 5.41 Å². The highest BCUT2D eigenvalue weighted by atomic mass is 35.5. The first-order valence-corrected chi connectivity index (χ1v) is 11.5.